The molecule has 2 rings (SSSR count). The Morgan fingerprint density at radius 2 is 2.27 bits per heavy atom. The summed E-state index contributed by atoms with van der Waals surface area (Å²) < 4.78 is 0. The zero-order valence-corrected chi connectivity index (χ0v) is 9.83. The van der Waals surface area contributed by atoms with E-state index in [1.807, 2.05) is 11.4 Å². The van der Waals surface area contributed by atoms with E-state index >= 15 is 0 Å². The first-order valence-electron chi connectivity index (χ1n) is 5.48. The van der Waals surface area contributed by atoms with Crippen molar-refractivity contribution in [3.63, 3.8) is 0 Å². The Balaban J connectivity index is 2.05. The SMILES string of the molecule is CC1CCN(C(C#N)c2cccs2)CC1. The standard InChI is InChI=1S/C12H16N2S/c1-10-4-6-14(7-5-10)11(9-13)12-3-2-8-15-12/h2-3,8,10-11H,4-7H2,1H3. The number of hydrogen-bond acceptors (Lipinski definition) is 3. The highest BCUT2D eigenvalue weighted by Gasteiger charge is 2.24. The van der Waals surface area contributed by atoms with E-state index in [-0.39, 0.29) is 6.04 Å². The summed E-state index contributed by atoms with van der Waals surface area (Å²) in [4.78, 5) is 3.50. The van der Waals surface area contributed by atoms with Crippen LogP contribution in [-0.4, -0.2) is 18.0 Å². The minimum absolute atomic E-state index is 0.0162. The normalized spacial score (nSPS) is 21.1. The summed E-state index contributed by atoms with van der Waals surface area (Å²) >= 11 is 1.69. The minimum Gasteiger partial charge on any atom is -0.284 e. The molecule has 2 nitrogen and oxygen atoms in total. The summed E-state index contributed by atoms with van der Waals surface area (Å²) in [5.41, 5.74) is 0. The predicted octanol–water partition coefficient (Wildman–Crippen LogP) is 3.04. The minimum atomic E-state index is -0.0162. The van der Waals surface area contributed by atoms with Crippen molar-refractivity contribution in [2.75, 3.05) is 13.1 Å². The summed E-state index contributed by atoms with van der Waals surface area (Å²) in [6.45, 7) is 4.43. The maximum absolute atomic E-state index is 9.23. The predicted molar refractivity (Wildman–Crippen MR) is 62.6 cm³/mol. The van der Waals surface area contributed by atoms with Crippen LogP contribution in [0.3, 0.4) is 0 Å². The Labute approximate surface area is 95.1 Å². The number of thiophene rings is 1. The molecule has 1 aliphatic rings. The summed E-state index contributed by atoms with van der Waals surface area (Å²) in [5, 5.41) is 11.3. The molecule has 1 unspecified atom stereocenters. The molecule has 3 heteroatoms. The van der Waals surface area contributed by atoms with E-state index in [1.54, 1.807) is 11.3 Å². The van der Waals surface area contributed by atoms with Gasteiger partial charge in [-0.05, 0) is 43.3 Å². The average molecular weight is 220 g/mol. The van der Waals surface area contributed by atoms with Gasteiger partial charge in [0.25, 0.3) is 0 Å². The highest BCUT2D eigenvalue weighted by Crippen LogP contribution is 2.28. The third kappa shape index (κ3) is 2.39. The van der Waals surface area contributed by atoms with Crippen LogP contribution < -0.4 is 0 Å². The van der Waals surface area contributed by atoms with Gasteiger partial charge in [0.15, 0.2) is 0 Å². The Morgan fingerprint density at radius 1 is 1.53 bits per heavy atom. The van der Waals surface area contributed by atoms with Crippen molar-refractivity contribution in [1.29, 1.82) is 5.26 Å². The first kappa shape index (κ1) is 10.7. The molecule has 0 aromatic carbocycles. The van der Waals surface area contributed by atoms with Crippen LogP contribution in [0.15, 0.2) is 17.5 Å². The second-order valence-corrected chi connectivity index (χ2v) is 5.24. The van der Waals surface area contributed by atoms with E-state index < -0.39 is 0 Å². The molecule has 0 amide bonds. The number of nitriles is 1. The van der Waals surface area contributed by atoms with Crippen LogP contribution in [0.2, 0.25) is 0 Å². The Hall–Kier alpha value is -0.850. The maximum Gasteiger partial charge on any atom is 0.133 e. The van der Waals surface area contributed by atoms with Gasteiger partial charge in [-0.1, -0.05) is 13.0 Å². The van der Waals surface area contributed by atoms with Crippen LogP contribution in [-0.2, 0) is 0 Å². The van der Waals surface area contributed by atoms with E-state index in [2.05, 4.69) is 24.0 Å². The fourth-order valence-electron chi connectivity index (χ4n) is 2.06. The largest absolute Gasteiger partial charge is 0.284 e. The number of likely N-dealkylation sites (tertiary alicyclic amines) is 1. The molecule has 1 atom stereocenters. The first-order valence-corrected chi connectivity index (χ1v) is 6.36. The topological polar surface area (TPSA) is 27.0 Å². The monoisotopic (exact) mass is 220 g/mol. The van der Waals surface area contributed by atoms with Crippen LogP contribution in [0.1, 0.15) is 30.7 Å². The van der Waals surface area contributed by atoms with Crippen LogP contribution in [0.4, 0.5) is 0 Å². The summed E-state index contributed by atoms with van der Waals surface area (Å²) in [6.07, 6.45) is 2.45. The van der Waals surface area contributed by atoms with E-state index in [9.17, 15) is 5.26 Å². The van der Waals surface area contributed by atoms with Crippen LogP contribution in [0.5, 0.6) is 0 Å². The number of hydrogen-bond donors (Lipinski definition) is 0. The van der Waals surface area contributed by atoms with Crippen molar-refractivity contribution in [1.82, 2.24) is 4.90 Å². The summed E-state index contributed by atoms with van der Waals surface area (Å²) in [6, 6.07) is 6.50. The molecule has 0 bridgehead atoms. The van der Waals surface area contributed by atoms with Gasteiger partial charge in [-0.25, -0.2) is 0 Å². The van der Waals surface area contributed by atoms with Crippen molar-refractivity contribution in [2.24, 2.45) is 5.92 Å². The highest BCUT2D eigenvalue weighted by atomic mass is 32.1. The van der Waals surface area contributed by atoms with Crippen molar-refractivity contribution < 1.29 is 0 Å². The second-order valence-electron chi connectivity index (χ2n) is 4.27. The fraction of sp³-hybridized carbons (Fsp3) is 0.583. The van der Waals surface area contributed by atoms with E-state index in [0.29, 0.717) is 0 Å². The average Bonchev–Trinajstić information content (AvgIpc) is 2.75. The quantitative estimate of drug-likeness (QED) is 0.766. The smallest absolute Gasteiger partial charge is 0.133 e. The Bertz CT molecular complexity index is 331. The van der Waals surface area contributed by atoms with Gasteiger partial charge in [0, 0.05) is 4.88 Å². The summed E-state index contributed by atoms with van der Waals surface area (Å²) in [7, 11) is 0. The Kier molecular flexibility index (Phi) is 3.40. The molecule has 1 aromatic rings. The molecule has 0 aliphatic carbocycles. The van der Waals surface area contributed by atoms with Crippen molar-refractivity contribution >= 4 is 11.3 Å². The number of nitrogens with zero attached hydrogens (tertiary/aromatic N) is 2. The molecule has 2 heterocycles. The van der Waals surface area contributed by atoms with E-state index in [0.717, 1.165) is 19.0 Å². The van der Waals surface area contributed by atoms with Crippen LogP contribution >= 0.6 is 11.3 Å². The maximum atomic E-state index is 9.23. The lowest BCUT2D eigenvalue weighted by Crippen LogP contribution is -2.35. The molecular weight excluding hydrogens is 204 g/mol. The van der Waals surface area contributed by atoms with Crippen molar-refractivity contribution in [3.05, 3.63) is 22.4 Å². The molecule has 0 saturated carbocycles. The van der Waals surface area contributed by atoms with Crippen LogP contribution in [0, 0.1) is 17.2 Å². The van der Waals surface area contributed by atoms with Crippen molar-refractivity contribution in [2.45, 2.75) is 25.8 Å². The third-order valence-corrected chi connectivity index (χ3v) is 4.04. The second kappa shape index (κ2) is 4.78. The molecule has 80 valence electrons. The molecule has 0 radical (unpaired) electrons. The zero-order chi connectivity index (χ0) is 10.7. The van der Waals surface area contributed by atoms with Gasteiger partial charge in [-0.15, -0.1) is 11.3 Å². The third-order valence-electron chi connectivity index (χ3n) is 3.12. The Morgan fingerprint density at radius 3 is 2.80 bits per heavy atom. The first-order chi connectivity index (χ1) is 7.31. The zero-order valence-electron chi connectivity index (χ0n) is 9.02. The van der Waals surface area contributed by atoms with Gasteiger partial charge in [0.1, 0.15) is 6.04 Å². The number of rotatable bonds is 2. The van der Waals surface area contributed by atoms with Crippen molar-refractivity contribution in [3.8, 4) is 6.07 Å². The van der Waals surface area contributed by atoms with Gasteiger partial charge in [0.2, 0.25) is 0 Å². The molecule has 1 aliphatic heterocycles. The molecular formula is C12H16N2S. The molecule has 0 N–H and O–H groups in total. The molecule has 0 spiro atoms. The number of piperidine rings is 1. The van der Waals surface area contributed by atoms with Gasteiger partial charge < -0.3 is 0 Å². The fourth-order valence-corrected chi connectivity index (χ4v) is 2.86. The molecule has 15 heavy (non-hydrogen) atoms. The van der Waals surface area contributed by atoms with Gasteiger partial charge >= 0.3 is 0 Å². The highest BCUT2D eigenvalue weighted by molar-refractivity contribution is 7.10. The molecule has 1 saturated heterocycles. The molecule has 1 fully saturated rings. The lowest BCUT2D eigenvalue weighted by molar-refractivity contribution is 0.166. The van der Waals surface area contributed by atoms with E-state index in [1.165, 1.54) is 17.7 Å². The van der Waals surface area contributed by atoms with E-state index in [4.69, 9.17) is 0 Å². The van der Waals surface area contributed by atoms with Gasteiger partial charge in [-0.2, -0.15) is 5.26 Å². The van der Waals surface area contributed by atoms with Gasteiger partial charge in [-0.3, -0.25) is 4.90 Å². The lowest BCUT2D eigenvalue weighted by atomic mass is 9.98. The van der Waals surface area contributed by atoms with Gasteiger partial charge in [0.05, 0.1) is 6.07 Å². The van der Waals surface area contributed by atoms with Crippen LogP contribution in [0.25, 0.3) is 0 Å². The summed E-state index contributed by atoms with van der Waals surface area (Å²) in [5.74, 6) is 0.823. The molecule has 1 aromatic heterocycles. The lowest BCUT2D eigenvalue weighted by Gasteiger charge is -2.32.